The molecule has 2 aliphatic rings. The molecule has 0 aromatic rings. The van der Waals surface area contributed by atoms with Crippen LogP contribution in [0.25, 0.3) is 0 Å². The highest BCUT2D eigenvalue weighted by Crippen LogP contribution is 2.31. The summed E-state index contributed by atoms with van der Waals surface area (Å²) < 4.78 is 30.9. The van der Waals surface area contributed by atoms with E-state index in [1.807, 2.05) is 0 Å². The lowest BCUT2D eigenvalue weighted by Crippen LogP contribution is -2.25. The minimum absolute atomic E-state index is 0.200. The van der Waals surface area contributed by atoms with Crippen LogP contribution in [0.15, 0.2) is 0 Å². The Bertz CT molecular complexity index is 225. The molecule has 2 rings (SSSR count). The van der Waals surface area contributed by atoms with Gasteiger partial charge in [0, 0.05) is 0 Å². The zero-order valence-electron chi connectivity index (χ0n) is 6.02. The molecule has 0 spiro atoms. The van der Waals surface area contributed by atoms with Gasteiger partial charge in [0.05, 0.1) is 0 Å². The zero-order chi connectivity index (χ0) is 7.90. The Labute approximate surface area is 65.8 Å². The summed E-state index contributed by atoms with van der Waals surface area (Å²) in [6, 6.07) is 0. The molecule has 0 unspecified atom stereocenters. The molecule has 0 amide bonds. The van der Waals surface area contributed by atoms with Crippen LogP contribution in [-0.2, 0) is 18.8 Å². The molecule has 2 fully saturated rings. The fraction of sp³-hybridized carbons (Fsp3) is 1.00. The van der Waals surface area contributed by atoms with E-state index in [0.717, 1.165) is 25.7 Å². The molecule has 1 aliphatic heterocycles. The summed E-state index contributed by atoms with van der Waals surface area (Å²) >= 11 is 0. The van der Waals surface area contributed by atoms with Gasteiger partial charge in [0.15, 0.2) is 0 Å². The van der Waals surface area contributed by atoms with Gasteiger partial charge in [-0.2, -0.15) is 8.42 Å². The Balaban J connectivity index is 2.15. The SMILES string of the molecule is O=S1(=O)O[C@@H]2CCCC[C@H]2O1. The van der Waals surface area contributed by atoms with Gasteiger partial charge in [-0.05, 0) is 12.8 Å². The first kappa shape index (κ1) is 7.52. The fourth-order valence-electron chi connectivity index (χ4n) is 1.61. The molecule has 0 N–H and O–H groups in total. The first-order chi connectivity index (χ1) is 5.17. The summed E-state index contributed by atoms with van der Waals surface area (Å²) in [5.41, 5.74) is 0. The molecule has 1 saturated heterocycles. The van der Waals surface area contributed by atoms with Crippen LogP contribution in [0, 0.1) is 0 Å². The van der Waals surface area contributed by atoms with Crippen LogP contribution in [0.1, 0.15) is 25.7 Å². The molecule has 2 atom stereocenters. The molecule has 1 aliphatic carbocycles. The van der Waals surface area contributed by atoms with Gasteiger partial charge in [0.25, 0.3) is 0 Å². The third kappa shape index (κ3) is 1.40. The van der Waals surface area contributed by atoms with E-state index in [1.54, 1.807) is 0 Å². The average Bonchev–Trinajstić information content (AvgIpc) is 2.21. The summed E-state index contributed by atoms with van der Waals surface area (Å²) in [6.07, 6.45) is 3.30. The number of rotatable bonds is 0. The van der Waals surface area contributed by atoms with Gasteiger partial charge in [-0.15, -0.1) is 0 Å². The molecule has 64 valence electrons. The summed E-state index contributed by atoms with van der Waals surface area (Å²) in [4.78, 5) is 0. The maximum absolute atomic E-state index is 10.8. The Kier molecular flexibility index (Phi) is 1.66. The summed E-state index contributed by atoms with van der Waals surface area (Å²) in [6.45, 7) is 0. The molecule has 0 aromatic heterocycles. The molecule has 1 heterocycles. The maximum atomic E-state index is 10.8. The van der Waals surface area contributed by atoms with Crippen molar-refractivity contribution < 1.29 is 16.8 Å². The van der Waals surface area contributed by atoms with Gasteiger partial charge in [-0.25, -0.2) is 8.37 Å². The molecule has 4 nitrogen and oxygen atoms in total. The summed E-state index contributed by atoms with van der Waals surface area (Å²) in [7, 11) is -3.63. The Morgan fingerprint density at radius 1 is 1.00 bits per heavy atom. The highest BCUT2D eigenvalue weighted by atomic mass is 32.3. The van der Waals surface area contributed by atoms with Gasteiger partial charge >= 0.3 is 10.4 Å². The molecule has 5 heteroatoms. The van der Waals surface area contributed by atoms with E-state index < -0.39 is 10.4 Å². The van der Waals surface area contributed by atoms with E-state index in [9.17, 15) is 8.42 Å². The predicted molar refractivity (Wildman–Crippen MR) is 37.1 cm³/mol. The predicted octanol–water partition coefficient (Wildman–Crippen LogP) is 0.589. The Hall–Kier alpha value is -0.130. The maximum Gasteiger partial charge on any atom is 0.400 e. The quantitative estimate of drug-likeness (QED) is 0.544. The normalized spacial score (nSPS) is 41.8. The van der Waals surface area contributed by atoms with E-state index in [-0.39, 0.29) is 12.2 Å². The van der Waals surface area contributed by atoms with Gasteiger partial charge in [0.2, 0.25) is 0 Å². The average molecular weight is 178 g/mol. The van der Waals surface area contributed by atoms with Gasteiger partial charge in [-0.1, -0.05) is 12.8 Å². The van der Waals surface area contributed by atoms with Crippen molar-refractivity contribution in [1.82, 2.24) is 0 Å². The molecule has 11 heavy (non-hydrogen) atoms. The van der Waals surface area contributed by atoms with Gasteiger partial charge < -0.3 is 0 Å². The van der Waals surface area contributed by atoms with E-state index >= 15 is 0 Å². The molecule has 0 bridgehead atoms. The lowest BCUT2D eigenvalue weighted by atomic mass is 9.95. The van der Waals surface area contributed by atoms with Crippen molar-refractivity contribution in [3.8, 4) is 0 Å². The zero-order valence-corrected chi connectivity index (χ0v) is 6.84. The van der Waals surface area contributed by atoms with Crippen LogP contribution < -0.4 is 0 Å². The topological polar surface area (TPSA) is 52.6 Å². The molecule has 0 radical (unpaired) electrons. The smallest absolute Gasteiger partial charge is 0.242 e. The van der Waals surface area contributed by atoms with Crippen molar-refractivity contribution in [3.63, 3.8) is 0 Å². The highest BCUT2D eigenvalue weighted by molar-refractivity contribution is 7.82. The minimum atomic E-state index is -3.63. The second-order valence-electron chi connectivity index (χ2n) is 2.96. The van der Waals surface area contributed by atoms with E-state index in [1.165, 1.54) is 0 Å². The number of fused-ring (bicyclic) bond motifs is 1. The van der Waals surface area contributed by atoms with Crippen molar-refractivity contribution >= 4 is 10.4 Å². The van der Waals surface area contributed by atoms with Gasteiger partial charge in [-0.3, -0.25) is 0 Å². The third-order valence-corrected chi connectivity index (χ3v) is 3.09. The second-order valence-corrected chi connectivity index (χ2v) is 4.16. The highest BCUT2D eigenvalue weighted by Gasteiger charge is 2.41. The van der Waals surface area contributed by atoms with Crippen molar-refractivity contribution in [2.24, 2.45) is 0 Å². The van der Waals surface area contributed by atoms with Crippen LogP contribution >= 0.6 is 0 Å². The van der Waals surface area contributed by atoms with Crippen molar-refractivity contribution in [2.45, 2.75) is 37.9 Å². The third-order valence-electron chi connectivity index (χ3n) is 2.12. The van der Waals surface area contributed by atoms with Crippen LogP contribution in [-0.4, -0.2) is 20.6 Å². The fourth-order valence-corrected chi connectivity index (χ4v) is 2.70. The molecular formula is C6H10O4S. The standard InChI is InChI=1S/C6H10O4S/c7-11(8)9-5-3-1-2-4-6(5)10-11/h5-6H,1-4H2/t5-,6-/m1/s1. The Morgan fingerprint density at radius 2 is 1.45 bits per heavy atom. The van der Waals surface area contributed by atoms with Crippen LogP contribution in [0.3, 0.4) is 0 Å². The second kappa shape index (κ2) is 2.43. The summed E-state index contributed by atoms with van der Waals surface area (Å²) in [5.74, 6) is 0. The monoisotopic (exact) mass is 178 g/mol. The lowest BCUT2D eigenvalue weighted by Gasteiger charge is -2.19. The minimum Gasteiger partial charge on any atom is -0.242 e. The first-order valence-electron chi connectivity index (χ1n) is 3.79. The number of hydrogen-bond acceptors (Lipinski definition) is 4. The largest absolute Gasteiger partial charge is 0.400 e. The Morgan fingerprint density at radius 3 is 1.91 bits per heavy atom. The first-order valence-corrected chi connectivity index (χ1v) is 5.12. The van der Waals surface area contributed by atoms with Crippen molar-refractivity contribution in [2.75, 3.05) is 0 Å². The number of hydrogen-bond donors (Lipinski definition) is 0. The van der Waals surface area contributed by atoms with Crippen LogP contribution in [0.4, 0.5) is 0 Å². The molecular weight excluding hydrogens is 168 g/mol. The van der Waals surface area contributed by atoms with Gasteiger partial charge in [0.1, 0.15) is 12.2 Å². The van der Waals surface area contributed by atoms with Crippen molar-refractivity contribution in [3.05, 3.63) is 0 Å². The lowest BCUT2D eigenvalue weighted by molar-refractivity contribution is 0.110. The van der Waals surface area contributed by atoms with E-state index in [2.05, 4.69) is 0 Å². The summed E-state index contributed by atoms with van der Waals surface area (Å²) in [5, 5.41) is 0. The molecule has 1 saturated carbocycles. The van der Waals surface area contributed by atoms with Crippen LogP contribution in [0.5, 0.6) is 0 Å². The van der Waals surface area contributed by atoms with Crippen molar-refractivity contribution in [1.29, 1.82) is 0 Å². The van der Waals surface area contributed by atoms with Crippen LogP contribution in [0.2, 0.25) is 0 Å². The molecule has 0 aromatic carbocycles. The van der Waals surface area contributed by atoms with E-state index in [4.69, 9.17) is 8.37 Å². The van der Waals surface area contributed by atoms with E-state index in [0.29, 0.717) is 0 Å².